The summed E-state index contributed by atoms with van der Waals surface area (Å²) in [7, 11) is 0. The van der Waals surface area contributed by atoms with Crippen LogP contribution in [0.1, 0.15) is 21.8 Å². The lowest BCUT2D eigenvalue weighted by molar-refractivity contribution is 0.0951. The zero-order valence-corrected chi connectivity index (χ0v) is 11.5. The number of rotatable bonds is 3. The highest BCUT2D eigenvalue weighted by molar-refractivity contribution is 6.08. The third-order valence-corrected chi connectivity index (χ3v) is 3.18. The van der Waals surface area contributed by atoms with Crippen molar-refractivity contribution in [3.8, 4) is 0 Å². The molecule has 6 heteroatoms. The first-order valence-electron chi connectivity index (χ1n) is 6.49. The van der Waals surface area contributed by atoms with Gasteiger partial charge in [0.1, 0.15) is 17.3 Å². The van der Waals surface area contributed by atoms with Gasteiger partial charge in [0.05, 0.1) is 12.1 Å². The van der Waals surface area contributed by atoms with E-state index < -0.39 is 0 Å². The van der Waals surface area contributed by atoms with Gasteiger partial charge in [-0.25, -0.2) is 4.98 Å². The van der Waals surface area contributed by atoms with Crippen molar-refractivity contribution in [2.45, 2.75) is 13.5 Å². The van der Waals surface area contributed by atoms with Crippen molar-refractivity contribution in [2.24, 2.45) is 0 Å². The fourth-order valence-electron chi connectivity index (χ4n) is 2.16. The van der Waals surface area contributed by atoms with Crippen LogP contribution in [0.4, 0.5) is 5.82 Å². The summed E-state index contributed by atoms with van der Waals surface area (Å²) in [5.74, 6) is 0.896. The maximum absolute atomic E-state index is 12.3. The molecule has 2 aromatic heterocycles. The molecule has 0 atom stereocenters. The summed E-state index contributed by atoms with van der Waals surface area (Å²) in [6.07, 6.45) is 1.49. The van der Waals surface area contributed by atoms with Crippen molar-refractivity contribution in [1.82, 2.24) is 15.5 Å². The molecule has 0 aliphatic heterocycles. The van der Waals surface area contributed by atoms with Gasteiger partial charge in [-0.3, -0.25) is 4.79 Å². The summed E-state index contributed by atoms with van der Waals surface area (Å²) in [6.45, 7) is 2.10. The van der Waals surface area contributed by atoms with Gasteiger partial charge in [-0.05, 0) is 12.3 Å². The number of nitrogens with two attached hydrogens (primary N) is 1. The Balaban J connectivity index is 1.86. The van der Waals surface area contributed by atoms with Gasteiger partial charge in [0.2, 0.25) is 0 Å². The van der Waals surface area contributed by atoms with Gasteiger partial charge in [0.15, 0.2) is 0 Å². The third-order valence-electron chi connectivity index (χ3n) is 3.18. The van der Waals surface area contributed by atoms with Crippen LogP contribution in [0.3, 0.4) is 0 Å². The number of hydrogen-bond donors (Lipinski definition) is 2. The van der Waals surface area contributed by atoms with Crippen molar-refractivity contribution < 1.29 is 9.32 Å². The van der Waals surface area contributed by atoms with Crippen molar-refractivity contribution in [1.29, 1.82) is 0 Å². The van der Waals surface area contributed by atoms with Gasteiger partial charge in [0.25, 0.3) is 5.91 Å². The zero-order valence-electron chi connectivity index (χ0n) is 11.5. The van der Waals surface area contributed by atoms with E-state index in [9.17, 15) is 4.79 Å². The van der Waals surface area contributed by atoms with E-state index in [0.717, 1.165) is 10.8 Å². The van der Waals surface area contributed by atoms with Gasteiger partial charge >= 0.3 is 0 Å². The second kappa shape index (κ2) is 5.24. The Hall–Kier alpha value is -2.89. The average Bonchev–Trinajstić information content (AvgIpc) is 2.91. The average molecular weight is 282 g/mol. The Morgan fingerprint density at radius 2 is 2.10 bits per heavy atom. The van der Waals surface area contributed by atoms with Crippen molar-refractivity contribution in [2.75, 3.05) is 5.73 Å². The van der Waals surface area contributed by atoms with Crippen LogP contribution < -0.4 is 11.1 Å². The molecule has 0 saturated carbocycles. The molecule has 3 N–H and O–H groups in total. The number of nitrogens with one attached hydrogen (secondary N) is 1. The van der Waals surface area contributed by atoms with Crippen LogP contribution in [-0.4, -0.2) is 16.0 Å². The monoisotopic (exact) mass is 282 g/mol. The van der Waals surface area contributed by atoms with E-state index >= 15 is 0 Å². The van der Waals surface area contributed by atoms with Gasteiger partial charge < -0.3 is 15.6 Å². The largest absolute Gasteiger partial charge is 0.383 e. The van der Waals surface area contributed by atoms with Crippen molar-refractivity contribution in [3.05, 3.63) is 53.5 Å². The molecule has 2 heterocycles. The van der Waals surface area contributed by atoms with Crippen LogP contribution in [0.25, 0.3) is 10.8 Å². The standard InChI is InChI=1S/C15H14N4O2/c1-9-6-10(19-21-9)7-18-15(20)13-8-17-14(16)12-5-3-2-4-11(12)13/h2-6,8H,7H2,1H3,(H2,16,17)(H,18,20). The highest BCUT2D eigenvalue weighted by atomic mass is 16.5. The summed E-state index contributed by atoms with van der Waals surface area (Å²) >= 11 is 0. The minimum atomic E-state index is -0.223. The van der Waals surface area contributed by atoms with Crippen molar-refractivity contribution in [3.63, 3.8) is 0 Å². The molecule has 0 bridgehead atoms. The molecule has 0 spiro atoms. The number of aromatic nitrogens is 2. The fourth-order valence-corrected chi connectivity index (χ4v) is 2.16. The number of amides is 1. The number of carbonyl (C=O) groups is 1. The summed E-state index contributed by atoms with van der Waals surface area (Å²) < 4.78 is 4.96. The topological polar surface area (TPSA) is 94.0 Å². The molecule has 6 nitrogen and oxygen atoms in total. The molecule has 0 aliphatic carbocycles. The molecule has 1 amide bonds. The SMILES string of the molecule is Cc1cc(CNC(=O)c2cnc(N)c3ccccc23)no1. The quantitative estimate of drug-likeness (QED) is 0.766. The minimum absolute atomic E-state index is 0.223. The molecule has 1 aromatic carbocycles. The van der Waals surface area contributed by atoms with Crippen LogP contribution >= 0.6 is 0 Å². The number of carbonyl (C=O) groups excluding carboxylic acids is 1. The van der Waals surface area contributed by atoms with Crippen LogP contribution in [0.15, 0.2) is 41.1 Å². The number of benzene rings is 1. The molecule has 3 aromatic rings. The Morgan fingerprint density at radius 3 is 2.81 bits per heavy atom. The molecule has 21 heavy (non-hydrogen) atoms. The Kier molecular flexibility index (Phi) is 3.27. The number of nitrogens with zero attached hydrogens (tertiary/aromatic N) is 2. The highest BCUT2D eigenvalue weighted by Gasteiger charge is 2.12. The molecule has 0 fully saturated rings. The first-order valence-corrected chi connectivity index (χ1v) is 6.49. The molecular formula is C15H14N4O2. The summed E-state index contributed by atoms with van der Waals surface area (Å²) in [4.78, 5) is 16.4. The van der Waals surface area contributed by atoms with Crippen LogP contribution in [0.2, 0.25) is 0 Å². The predicted octanol–water partition coefficient (Wildman–Crippen LogP) is 2.04. The van der Waals surface area contributed by atoms with E-state index in [1.807, 2.05) is 24.3 Å². The van der Waals surface area contributed by atoms with E-state index in [-0.39, 0.29) is 5.91 Å². The smallest absolute Gasteiger partial charge is 0.253 e. The Labute approximate surface area is 121 Å². The number of aryl methyl sites for hydroxylation is 1. The molecule has 0 radical (unpaired) electrons. The van der Waals surface area contributed by atoms with E-state index in [0.29, 0.717) is 29.4 Å². The zero-order chi connectivity index (χ0) is 14.8. The maximum atomic E-state index is 12.3. The normalized spacial score (nSPS) is 10.7. The lowest BCUT2D eigenvalue weighted by Gasteiger charge is -2.08. The Morgan fingerprint density at radius 1 is 1.33 bits per heavy atom. The van der Waals surface area contributed by atoms with Gasteiger partial charge in [-0.1, -0.05) is 29.4 Å². The highest BCUT2D eigenvalue weighted by Crippen LogP contribution is 2.22. The molecule has 3 rings (SSSR count). The predicted molar refractivity (Wildman–Crippen MR) is 78.6 cm³/mol. The maximum Gasteiger partial charge on any atom is 0.253 e. The molecular weight excluding hydrogens is 268 g/mol. The fraction of sp³-hybridized carbons (Fsp3) is 0.133. The number of hydrogen-bond acceptors (Lipinski definition) is 5. The second-order valence-corrected chi connectivity index (χ2v) is 4.71. The van der Waals surface area contributed by atoms with Gasteiger partial charge in [0, 0.05) is 17.6 Å². The Bertz CT molecular complexity index is 810. The number of pyridine rings is 1. The van der Waals surface area contributed by atoms with E-state index in [2.05, 4.69) is 15.5 Å². The van der Waals surface area contributed by atoms with E-state index in [4.69, 9.17) is 10.3 Å². The van der Waals surface area contributed by atoms with Crippen LogP contribution in [0.5, 0.6) is 0 Å². The number of nitrogen functional groups attached to an aromatic ring is 1. The number of fused-ring (bicyclic) bond motifs is 1. The van der Waals surface area contributed by atoms with Crippen LogP contribution in [0, 0.1) is 6.92 Å². The summed E-state index contributed by atoms with van der Waals surface area (Å²) in [5, 5.41) is 8.17. The molecule has 0 aliphatic rings. The van der Waals surface area contributed by atoms with Crippen LogP contribution in [-0.2, 0) is 6.54 Å². The molecule has 0 unspecified atom stereocenters. The molecule has 106 valence electrons. The first kappa shape index (κ1) is 13.1. The van der Waals surface area contributed by atoms with Crippen molar-refractivity contribution >= 4 is 22.5 Å². The minimum Gasteiger partial charge on any atom is -0.383 e. The summed E-state index contributed by atoms with van der Waals surface area (Å²) in [6, 6.07) is 9.19. The van der Waals surface area contributed by atoms with E-state index in [1.165, 1.54) is 6.20 Å². The lowest BCUT2D eigenvalue weighted by atomic mass is 10.1. The van der Waals surface area contributed by atoms with Gasteiger partial charge in [-0.15, -0.1) is 0 Å². The first-order chi connectivity index (χ1) is 10.1. The van der Waals surface area contributed by atoms with E-state index in [1.54, 1.807) is 13.0 Å². The number of anilines is 1. The third kappa shape index (κ3) is 2.55. The molecule has 0 saturated heterocycles. The lowest BCUT2D eigenvalue weighted by Crippen LogP contribution is -2.23. The summed E-state index contributed by atoms with van der Waals surface area (Å²) in [5.41, 5.74) is 6.99. The second-order valence-electron chi connectivity index (χ2n) is 4.71. The van der Waals surface area contributed by atoms with Gasteiger partial charge in [-0.2, -0.15) is 0 Å².